The number of amides is 1. The number of hydrogen-bond donors (Lipinski definition) is 1. The average Bonchev–Trinajstić information content (AvgIpc) is 3.16. The van der Waals surface area contributed by atoms with Crippen LogP contribution in [0.1, 0.15) is 6.92 Å². The molecule has 3 heterocycles. The van der Waals surface area contributed by atoms with E-state index in [1.54, 1.807) is 12.1 Å². The first-order valence-corrected chi connectivity index (χ1v) is 10.1. The molecule has 0 radical (unpaired) electrons. The van der Waals surface area contributed by atoms with Gasteiger partial charge >= 0.3 is 0 Å². The number of carbonyl (C=O) groups excluding carboxylic acids is 1. The summed E-state index contributed by atoms with van der Waals surface area (Å²) in [6.07, 6.45) is 1.52. The van der Waals surface area contributed by atoms with E-state index < -0.39 is 0 Å². The molecule has 0 spiro atoms. The largest absolute Gasteiger partial charge is 0.366 e. The van der Waals surface area contributed by atoms with Crippen LogP contribution in [0, 0.1) is 5.82 Å². The number of imidazole rings is 1. The number of nitrogens with zero attached hydrogens (tertiary/aromatic N) is 5. The van der Waals surface area contributed by atoms with E-state index in [2.05, 4.69) is 19.9 Å². The second-order valence-corrected chi connectivity index (χ2v) is 8.09. The molecule has 0 saturated carbocycles. The molecule has 28 heavy (non-hydrogen) atoms. The molecule has 2 aromatic heterocycles. The molecule has 4 rings (SSSR count). The van der Waals surface area contributed by atoms with E-state index in [0.717, 1.165) is 0 Å². The van der Waals surface area contributed by atoms with Gasteiger partial charge in [0.2, 0.25) is 11.2 Å². The molecule has 0 aliphatic carbocycles. The minimum absolute atomic E-state index is 0.0144. The van der Waals surface area contributed by atoms with Crippen molar-refractivity contribution < 1.29 is 9.18 Å². The summed E-state index contributed by atoms with van der Waals surface area (Å²) in [6.45, 7) is 4.11. The Morgan fingerprint density at radius 3 is 2.75 bits per heavy atom. The quantitative estimate of drug-likeness (QED) is 0.397. The summed E-state index contributed by atoms with van der Waals surface area (Å²) in [4.78, 5) is 32.0. The van der Waals surface area contributed by atoms with E-state index >= 15 is 0 Å². The Bertz CT molecular complexity index is 1010. The molecule has 1 N–H and O–H groups in total. The first-order valence-electron chi connectivity index (χ1n) is 8.84. The number of fused-ring (bicyclic) bond motifs is 1. The zero-order valence-corrected chi connectivity index (χ0v) is 16.7. The van der Waals surface area contributed by atoms with E-state index in [1.165, 1.54) is 24.2 Å². The Morgan fingerprint density at radius 2 is 2.00 bits per heavy atom. The van der Waals surface area contributed by atoms with Crippen LogP contribution >= 0.6 is 23.4 Å². The third-order valence-electron chi connectivity index (χ3n) is 4.65. The highest BCUT2D eigenvalue weighted by Gasteiger charge is 2.27. The van der Waals surface area contributed by atoms with Crippen molar-refractivity contribution in [3.8, 4) is 0 Å². The van der Waals surface area contributed by atoms with Gasteiger partial charge < -0.3 is 14.8 Å². The molecule has 1 aliphatic rings. The number of nitrogens with one attached hydrogen (secondary N) is 1. The lowest BCUT2D eigenvalue weighted by Gasteiger charge is -2.37. The van der Waals surface area contributed by atoms with Gasteiger partial charge in [-0.05, 0) is 30.7 Å². The number of aromatic nitrogens is 4. The number of thioether (sulfide) groups is 1. The van der Waals surface area contributed by atoms with E-state index in [0.29, 0.717) is 48.1 Å². The van der Waals surface area contributed by atoms with Gasteiger partial charge in [0.15, 0.2) is 5.65 Å². The standard InChI is InChI=1S/C18H18ClFN6OS/c1-11(28-16-14-15(22-10-21-14)23-18(19)24-16)17(27)26-8-6-25(7-9-26)13-5-3-2-4-12(13)20/h2-5,10-11H,6-9H2,1H3,(H,21,22,23,24)/t11-/m1/s1. The third kappa shape index (κ3) is 3.77. The molecule has 3 aromatic rings. The van der Waals surface area contributed by atoms with Crippen LogP contribution in [-0.4, -0.2) is 62.2 Å². The van der Waals surface area contributed by atoms with Crippen LogP contribution in [0.15, 0.2) is 35.6 Å². The lowest BCUT2D eigenvalue weighted by molar-refractivity contribution is -0.130. The highest BCUT2D eigenvalue weighted by Crippen LogP contribution is 2.29. The number of para-hydroxylation sites is 1. The van der Waals surface area contributed by atoms with Crippen LogP contribution in [0.3, 0.4) is 0 Å². The van der Waals surface area contributed by atoms with Crippen molar-refractivity contribution in [2.24, 2.45) is 0 Å². The van der Waals surface area contributed by atoms with Crippen molar-refractivity contribution in [3.63, 3.8) is 0 Å². The van der Waals surface area contributed by atoms with Gasteiger partial charge in [-0.25, -0.2) is 14.4 Å². The third-order valence-corrected chi connectivity index (χ3v) is 5.89. The fourth-order valence-electron chi connectivity index (χ4n) is 3.22. The molecule has 1 atom stereocenters. The highest BCUT2D eigenvalue weighted by molar-refractivity contribution is 8.00. The average molecular weight is 421 g/mol. The predicted molar refractivity (Wildman–Crippen MR) is 107 cm³/mol. The number of halogens is 2. The van der Waals surface area contributed by atoms with E-state index in [9.17, 15) is 9.18 Å². The summed E-state index contributed by atoms with van der Waals surface area (Å²) >= 11 is 7.28. The van der Waals surface area contributed by atoms with Crippen LogP contribution in [0.2, 0.25) is 5.28 Å². The first-order chi connectivity index (χ1) is 13.5. The number of anilines is 1. The van der Waals surface area contributed by atoms with E-state index in [4.69, 9.17) is 11.6 Å². The molecule has 146 valence electrons. The maximum absolute atomic E-state index is 14.0. The number of hydrogen-bond acceptors (Lipinski definition) is 6. The lowest BCUT2D eigenvalue weighted by Crippen LogP contribution is -2.50. The smallest absolute Gasteiger partial charge is 0.235 e. The van der Waals surface area contributed by atoms with Crippen molar-refractivity contribution in [3.05, 3.63) is 41.7 Å². The highest BCUT2D eigenvalue weighted by atomic mass is 35.5. The van der Waals surface area contributed by atoms with Crippen LogP contribution in [0.4, 0.5) is 10.1 Å². The van der Waals surface area contributed by atoms with Gasteiger partial charge in [0.25, 0.3) is 0 Å². The van der Waals surface area contributed by atoms with Gasteiger partial charge in [-0.2, -0.15) is 4.98 Å². The molecular weight excluding hydrogens is 403 g/mol. The summed E-state index contributed by atoms with van der Waals surface area (Å²) in [5, 5.41) is 0.344. The van der Waals surface area contributed by atoms with E-state index in [1.807, 2.05) is 22.8 Å². The Morgan fingerprint density at radius 1 is 1.25 bits per heavy atom. The fourth-order valence-corrected chi connectivity index (χ4v) is 4.42. The molecule has 1 fully saturated rings. The normalized spacial score (nSPS) is 15.8. The molecule has 10 heteroatoms. The summed E-state index contributed by atoms with van der Waals surface area (Å²) in [5.74, 6) is -0.226. The molecule has 1 saturated heterocycles. The SMILES string of the molecule is C[C@@H](Sc1nc(Cl)nc2nc[nH]c12)C(=O)N1CCN(c2ccccc2F)CC1. The fraction of sp³-hybridized carbons (Fsp3) is 0.333. The van der Waals surface area contributed by atoms with Crippen molar-refractivity contribution in [1.29, 1.82) is 0 Å². The Labute approximate surface area is 170 Å². The maximum atomic E-state index is 14.0. The zero-order valence-electron chi connectivity index (χ0n) is 15.1. The molecule has 1 amide bonds. The summed E-state index contributed by atoms with van der Waals surface area (Å²) < 4.78 is 14.0. The van der Waals surface area contributed by atoms with Crippen LogP contribution in [-0.2, 0) is 4.79 Å². The molecule has 7 nitrogen and oxygen atoms in total. The zero-order chi connectivity index (χ0) is 19.7. The maximum Gasteiger partial charge on any atom is 0.235 e. The van der Waals surface area contributed by atoms with Gasteiger partial charge in [-0.1, -0.05) is 23.9 Å². The molecule has 0 bridgehead atoms. The molecule has 1 aliphatic heterocycles. The lowest BCUT2D eigenvalue weighted by atomic mass is 10.2. The van der Waals surface area contributed by atoms with Crippen LogP contribution < -0.4 is 4.90 Å². The minimum Gasteiger partial charge on any atom is -0.366 e. The molecular formula is C18H18ClFN6OS. The van der Waals surface area contributed by atoms with Crippen molar-refractivity contribution >= 4 is 46.1 Å². The Kier molecular flexibility index (Phi) is 5.36. The first kappa shape index (κ1) is 18.9. The second kappa shape index (κ2) is 7.92. The predicted octanol–water partition coefficient (Wildman–Crippen LogP) is 2.97. The number of piperazine rings is 1. The van der Waals surface area contributed by atoms with Gasteiger partial charge in [-0.15, -0.1) is 0 Å². The number of H-pyrrole nitrogens is 1. The van der Waals surface area contributed by atoms with Crippen LogP contribution in [0.25, 0.3) is 11.2 Å². The van der Waals surface area contributed by atoms with Crippen molar-refractivity contribution in [2.75, 3.05) is 31.1 Å². The van der Waals surface area contributed by atoms with Gasteiger partial charge in [0.05, 0.1) is 17.3 Å². The van der Waals surface area contributed by atoms with Gasteiger partial charge in [0, 0.05) is 26.2 Å². The van der Waals surface area contributed by atoms with Gasteiger partial charge in [0.1, 0.15) is 16.4 Å². The number of aromatic amines is 1. The summed E-state index contributed by atoms with van der Waals surface area (Å²) in [6, 6.07) is 6.71. The topological polar surface area (TPSA) is 78.0 Å². The monoisotopic (exact) mass is 420 g/mol. The molecule has 1 aromatic carbocycles. The summed E-state index contributed by atoms with van der Waals surface area (Å²) in [7, 11) is 0. The Balaban J connectivity index is 1.41. The van der Waals surface area contributed by atoms with Crippen LogP contribution in [0.5, 0.6) is 0 Å². The summed E-state index contributed by atoms with van der Waals surface area (Å²) in [5.41, 5.74) is 1.72. The molecule has 0 unspecified atom stereocenters. The van der Waals surface area contributed by atoms with E-state index in [-0.39, 0.29) is 22.3 Å². The number of rotatable bonds is 4. The second-order valence-electron chi connectivity index (χ2n) is 6.42. The van der Waals surface area contributed by atoms with Crippen molar-refractivity contribution in [1.82, 2.24) is 24.8 Å². The van der Waals surface area contributed by atoms with Gasteiger partial charge in [-0.3, -0.25) is 4.79 Å². The van der Waals surface area contributed by atoms with Crippen molar-refractivity contribution in [2.45, 2.75) is 17.2 Å². The minimum atomic E-state index is -0.350. The number of benzene rings is 1. The Hall–Kier alpha value is -2.39. The number of carbonyl (C=O) groups is 1.